The zero-order valence-corrected chi connectivity index (χ0v) is 18.3. The lowest BCUT2D eigenvalue weighted by Gasteiger charge is -2.26. The summed E-state index contributed by atoms with van der Waals surface area (Å²) in [6.45, 7) is 9.46. The molecule has 0 unspecified atom stereocenters. The summed E-state index contributed by atoms with van der Waals surface area (Å²) in [7, 11) is 1.69. The summed E-state index contributed by atoms with van der Waals surface area (Å²) in [4.78, 5) is 8.46. The van der Waals surface area contributed by atoms with Crippen LogP contribution in [-0.2, 0) is 11.3 Å². The highest BCUT2D eigenvalue weighted by molar-refractivity contribution is 7.10. The van der Waals surface area contributed by atoms with E-state index in [0.717, 1.165) is 64.1 Å². The van der Waals surface area contributed by atoms with Crippen molar-refractivity contribution in [2.75, 3.05) is 53.0 Å². The smallest absolute Gasteiger partial charge is 0.191 e. The number of ether oxygens (including phenoxy) is 2. The number of benzene rings is 1. The maximum Gasteiger partial charge on any atom is 0.191 e. The number of rotatable bonds is 9. The van der Waals surface area contributed by atoms with Gasteiger partial charge in [0.1, 0.15) is 5.75 Å². The molecule has 7 heteroatoms. The van der Waals surface area contributed by atoms with Crippen molar-refractivity contribution in [3.05, 3.63) is 40.6 Å². The van der Waals surface area contributed by atoms with Gasteiger partial charge in [-0.3, -0.25) is 4.90 Å². The predicted molar refractivity (Wildman–Crippen MR) is 121 cm³/mol. The van der Waals surface area contributed by atoms with E-state index in [1.165, 1.54) is 16.0 Å². The van der Waals surface area contributed by atoms with Gasteiger partial charge >= 0.3 is 0 Å². The van der Waals surface area contributed by atoms with Crippen molar-refractivity contribution in [1.82, 2.24) is 15.5 Å². The fourth-order valence-electron chi connectivity index (χ4n) is 3.23. The van der Waals surface area contributed by atoms with Gasteiger partial charge in [0.05, 0.1) is 26.9 Å². The largest absolute Gasteiger partial charge is 0.497 e. The van der Waals surface area contributed by atoms with Crippen molar-refractivity contribution >= 4 is 17.3 Å². The van der Waals surface area contributed by atoms with Crippen molar-refractivity contribution in [2.45, 2.75) is 19.9 Å². The average Bonchev–Trinajstić information content (AvgIpc) is 3.25. The van der Waals surface area contributed by atoms with Crippen LogP contribution in [0, 0.1) is 0 Å². The van der Waals surface area contributed by atoms with Crippen LogP contribution in [0.2, 0.25) is 0 Å². The summed E-state index contributed by atoms with van der Waals surface area (Å²) < 4.78 is 10.6. The Labute approximate surface area is 177 Å². The van der Waals surface area contributed by atoms with E-state index in [-0.39, 0.29) is 0 Å². The maximum atomic E-state index is 5.40. The molecule has 0 atom stereocenters. The average molecular weight is 417 g/mol. The lowest BCUT2D eigenvalue weighted by molar-refractivity contribution is 0.0376. The highest BCUT2D eigenvalue weighted by Gasteiger charge is 2.09. The third-order valence-electron chi connectivity index (χ3n) is 4.86. The Bertz CT molecular complexity index is 754. The zero-order valence-electron chi connectivity index (χ0n) is 17.4. The maximum absolute atomic E-state index is 5.40. The highest BCUT2D eigenvalue weighted by Crippen LogP contribution is 2.27. The molecule has 1 aromatic heterocycles. The van der Waals surface area contributed by atoms with E-state index in [1.54, 1.807) is 18.4 Å². The van der Waals surface area contributed by atoms with Gasteiger partial charge in [-0.25, -0.2) is 4.99 Å². The molecule has 0 amide bonds. The summed E-state index contributed by atoms with van der Waals surface area (Å²) in [5, 5.41) is 8.98. The van der Waals surface area contributed by atoms with Gasteiger partial charge in [0.2, 0.25) is 0 Å². The number of thiophene rings is 1. The summed E-state index contributed by atoms with van der Waals surface area (Å²) in [6, 6.07) is 10.4. The predicted octanol–water partition coefficient (Wildman–Crippen LogP) is 3.20. The first-order valence-electron chi connectivity index (χ1n) is 10.3. The number of hydrogen-bond acceptors (Lipinski definition) is 5. The molecule has 1 fully saturated rings. The lowest BCUT2D eigenvalue weighted by Crippen LogP contribution is -2.40. The van der Waals surface area contributed by atoms with E-state index < -0.39 is 0 Å². The lowest BCUT2D eigenvalue weighted by atomic mass is 10.1. The van der Waals surface area contributed by atoms with Gasteiger partial charge < -0.3 is 20.1 Å². The molecule has 0 aliphatic carbocycles. The third-order valence-corrected chi connectivity index (χ3v) is 5.78. The third kappa shape index (κ3) is 7.03. The molecule has 3 rings (SSSR count). The molecular formula is C22H32N4O2S. The van der Waals surface area contributed by atoms with Crippen LogP contribution >= 0.6 is 11.3 Å². The molecule has 0 bridgehead atoms. The first-order valence-corrected chi connectivity index (χ1v) is 11.2. The van der Waals surface area contributed by atoms with E-state index in [1.807, 2.05) is 12.1 Å². The van der Waals surface area contributed by atoms with Crippen molar-refractivity contribution in [3.63, 3.8) is 0 Å². The van der Waals surface area contributed by atoms with E-state index in [0.29, 0.717) is 6.54 Å². The number of hydrogen-bond donors (Lipinski definition) is 2. The van der Waals surface area contributed by atoms with E-state index in [4.69, 9.17) is 14.5 Å². The first kappa shape index (κ1) is 21.6. The number of aliphatic imine (C=N–C) groups is 1. The SMILES string of the molecule is CCNC(=NCc1cc(-c2ccc(OC)cc2)cs1)NCCCN1CCOCC1. The van der Waals surface area contributed by atoms with Crippen LogP contribution in [0.3, 0.4) is 0 Å². The van der Waals surface area contributed by atoms with Crippen molar-refractivity contribution < 1.29 is 9.47 Å². The topological polar surface area (TPSA) is 58.1 Å². The molecule has 1 aliphatic heterocycles. The number of nitrogens with zero attached hydrogens (tertiary/aromatic N) is 2. The van der Waals surface area contributed by atoms with Crippen molar-refractivity contribution in [2.24, 2.45) is 4.99 Å². The van der Waals surface area contributed by atoms with E-state index in [2.05, 4.69) is 46.0 Å². The minimum Gasteiger partial charge on any atom is -0.497 e. The highest BCUT2D eigenvalue weighted by atomic mass is 32.1. The summed E-state index contributed by atoms with van der Waals surface area (Å²) in [5.74, 6) is 1.76. The first-order chi connectivity index (χ1) is 14.3. The van der Waals surface area contributed by atoms with Crippen LogP contribution < -0.4 is 15.4 Å². The van der Waals surface area contributed by atoms with E-state index in [9.17, 15) is 0 Å². The van der Waals surface area contributed by atoms with Crippen LogP contribution in [0.5, 0.6) is 5.75 Å². The van der Waals surface area contributed by atoms with Gasteiger partial charge in [-0.2, -0.15) is 0 Å². The Morgan fingerprint density at radius 2 is 1.97 bits per heavy atom. The van der Waals surface area contributed by atoms with Gasteiger partial charge in [0, 0.05) is 31.1 Å². The minimum atomic E-state index is 0.680. The van der Waals surface area contributed by atoms with Crippen LogP contribution in [0.1, 0.15) is 18.2 Å². The van der Waals surface area contributed by atoms with Crippen LogP contribution in [-0.4, -0.2) is 63.9 Å². The number of guanidine groups is 1. The second kappa shape index (κ2) is 11.8. The Balaban J connectivity index is 1.48. The van der Waals surface area contributed by atoms with E-state index >= 15 is 0 Å². The Morgan fingerprint density at radius 1 is 1.17 bits per heavy atom. The van der Waals surface area contributed by atoms with Crippen LogP contribution in [0.4, 0.5) is 0 Å². The quantitative estimate of drug-likeness (QED) is 0.373. The Hall–Kier alpha value is -2.09. The van der Waals surface area contributed by atoms with Crippen LogP contribution in [0.25, 0.3) is 11.1 Å². The summed E-state index contributed by atoms with van der Waals surface area (Å²) in [6.07, 6.45) is 1.10. The number of methoxy groups -OCH3 is 1. The minimum absolute atomic E-state index is 0.680. The number of morpholine rings is 1. The molecule has 6 nitrogen and oxygen atoms in total. The molecular weight excluding hydrogens is 384 g/mol. The summed E-state index contributed by atoms with van der Waals surface area (Å²) >= 11 is 1.75. The molecule has 0 radical (unpaired) electrons. The zero-order chi connectivity index (χ0) is 20.3. The molecule has 2 N–H and O–H groups in total. The fraction of sp³-hybridized carbons (Fsp3) is 0.500. The standard InChI is InChI=1S/C22H32N4O2S/c1-3-23-22(24-9-4-10-26-11-13-28-14-12-26)25-16-21-15-19(17-29-21)18-5-7-20(27-2)8-6-18/h5-8,15,17H,3-4,9-14,16H2,1-2H3,(H2,23,24,25). The second-order valence-electron chi connectivity index (χ2n) is 6.96. The van der Waals surface area contributed by atoms with Crippen molar-refractivity contribution in [1.29, 1.82) is 0 Å². The molecule has 0 spiro atoms. The molecule has 1 aliphatic rings. The summed E-state index contributed by atoms with van der Waals surface area (Å²) in [5.41, 5.74) is 2.43. The molecule has 2 aromatic rings. The molecule has 2 heterocycles. The Kier molecular flexibility index (Phi) is 8.80. The second-order valence-corrected chi connectivity index (χ2v) is 7.96. The molecule has 1 saturated heterocycles. The van der Waals surface area contributed by atoms with Gasteiger partial charge in [-0.1, -0.05) is 12.1 Å². The van der Waals surface area contributed by atoms with Crippen molar-refractivity contribution in [3.8, 4) is 16.9 Å². The van der Waals surface area contributed by atoms with Gasteiger partial charge in [-0.15, -0.1) is 11.3 Å². The van der Waals surface area contributed by atoms with Crippen LogP contribution in [0.15, 0.2) is 40.7 Å². The Morgan fingerprint density at radius 3 is 2.69 bits per heavy atom. The normalized spacial score (nSPS) is 15.3. The number of nitrogens with one attached hydrogen (secondary N) is 2. The molecule has 29 heavy (non-hydrogen) atoms. The molecule has 158 valence electrons. The van der Waals surface area contributed by atoms with Gasteiger partial charge in [-0.05, 0) is 54.6 Å². The fourth-order valence-corrected chi connectivity index (χ4v) is 4.05. The molecule has 0 saturated carbocycles. The van der Waals surface area contributed by atoms with Gasteiger partial charge in [0.25, 0.3) is 0 Å². The van der Waals surface area contributed by atoms with Gasteiger partial charge in [0.15, 0.2) is 5.96 Å². The monoisotopic (exact) mass is 416 g/mol. The molecule has 1 aromatic carbocycles.